The van der Waals surface area contributed by atoms with E-state index in [2.05, 4.69) is 0 Å². The Morgan fingerprint density at radius 1 is 1.28 bits per heavy atom. The average molecular weight is 252 g/mol. The summed E-state index contributed by atoms with van der Waals surface area (Å²) in [6.07, 6.45) is 0.368. The third kappa shape index (κ3) is 5.68. The number of rotatable bonds is 7. The van der Waals surface area contributed by atoms with E-state index in [0.29, 0.717) is 6.61 Å². The molecular formula is C14H20O4. The Balaban J connectivity index is 2.48. The van der Waals surface area contributed by atoms with Crippen molar-refractivity contribution < 1.29 is 19.0 Å². The zero-order chi connectivity index (χ0) is 13.4. The van der Waals surface area contributed by atoms with Gasteiger partial charge < -0.3 is 14.2 Å². The summed E-state index contributed by atoms with van der Waals surface area (Å²) in [5.41, 5.74) is 0.885. The molecule has 1 aromatic rings. The van der Waals surface area contributed by atoms with Gasteiger partial charge in [-0.2, -0.15) is 0 Å². The van der Waals surface area contributed by atoms with Crippen LogP contribution in [0.25, 0.3) is 0 Å². The fraction of sp³-hybridized carbons (Fsp3) is 0.500. The molecule has 0 bridgehead atoms. The summed E-state index contributed by atoms with van der Waals surface area (Å²) in [6, 6.07) is 7.48. The fourth-order valence-electron chi connectivity index (χ4n) is 1.46. The van der Waals surface area contributed by atoms with Crippen LogP contribution in [0.2, 0.25) is 0 Å². The average Bonchev–Trinajstić information content (AvgIpc) is 2.28. The van der Waals surface area contributed by atoms with Gasteiger partial charge in [0.25, 0.3) is 0 Å². The van der Waals surface area contributed by atoms with Crippen molar-refractivity contribution in [1.29, 1.82) is 0 Å². The summed E-state index contributed by atoms with van der Waals surface area (Å²) in [5.74, 6) is 0.515. The van der Waals surface area contributed by atoms with E-state index >= 15 is 0 Å². The minimum absolute atomic E-state index is 0.119. The molecule has 0 aliphatic rings. The Bertz CT molecular complexity index is 374. The normalized spacial score (nSPS) is 10.4. The third-order valence-electron chi connectivity index (χ3n) is 2.17. The molecule has 1 rings (SSSR count). The van der Waals surface area contributed by atoms with Gasteiger partial charge in [0.1, 0.15) is 12.4 Å². The van der Waals surface area contributed by atoms with Gasteiger partial charge >= 0.3 is 5.97 Å². The molecule has 0 saturated carbocycles. The van der Waals surface area contributed by atoms with Crippen molar-refractivity contribution in [3.63, 3.8) is 0 Å². The summed E-state index contributed by atoms with van der Waals surface area (Å²) in [7, 11) is 1.57. The first-order valence-corrected chi connectivity index (χ1v) is 6.02. The highest BCUT2D eigenvalue weighted by Gasteiger charge is 2.06. The monoisotopic (exact) mass is 252 g/mol. The minimum atomic E-state index is -0.256. The van der Waals surface area contributed by atoms with Gasteiger partial charge in [-0.1, -0.05) is 12.1 Å². The quantitative estimate of drug-likeness (QED) is 0.551. The van der Waals surface area contributed by atoms with Crippen LogP contribution < -0.4 is 4.74 Å². The van der Waals surface area contributed by atoms with E-state index in [1.165, 1.54) is 0 Å². The molecule has 0 saturated heterocycles. The van der Waals surface area contributed by atoms with Gasteiger partial charge in [0.15, 0.2) is 0 Å². The number of hydrogen-bond donors (Lipinski definition) is 0. The lowest BCUT2D eigenvalue weighted by Gasteiger charge is -2.10. The molecule has 0 heterocycles. The molecule has 0 fully saturated rings. The first kappa shape index (κ1) is 14.5. The number of benzene rings is 1. The van der Waals surface area contributed by atoms with Crippen LogP contribution in [0.4, 0.5) is 0 Å². The zero-order valence-corrected chi connectivity index (χ0v) is 11.1. The van der Waals surface area contributed by atoms with E-state index < -0.39 is 0 Å². The van der Waals surface area contributed by atoms with Crippen LogP contribution in [0.3, 0.4) is 0 Å². The van der Waals surface area contributed by atoms with Gasteiger partial charge in [-0.3, -0.25) is 4.79 Å². The number of carbonyl (C=O) groups excluding carboxylic acids is 1. The van der Waals surface area contributed by atoms with Crippen LogP contribution in [0.1, 0.15) is 19.4 Å². The second-order valence-corrected chi connectivity index (χ2v) is 4.20. The molecule has 0 aromatic heterocycles. The number of methoxy groups -OCH3 is 1. The molecule has 18 heavy (non-hydrogen) atoms. The van der Waals surface area contributed by atoms with Crippen LogP contribution in [0.15, 0.2) is 24.3 Å². The van der Waals surface area contributed by atoms with Crippen molar-refractivity contribution in [3.05, 3.63) is 29.8 Å². The van der Waals surface area contributed by atoms with Gasteiger partial charge in [0.05, 0.1) is 19.1 Å². The minimum Gasteiger partial charge on any atom is -0.491 e. The maximum Gasteiger partial charge on any atom is 0.310 e. The lowest BCUT2D eigenvalue weighted by Crippen LogP contribution is -2.12. The molecule has 0 aliphatic carbocycles. The molecule has 1 aromatic carbocycles. The smallest absolute Gasteiger partial charge is 0.310 e. The number of ether oxygens (including phenoxy) is 3. The first-order chi connectivity index (χ1) is 8.61. The summed E-state index contributed by atoms with van der Waals surface area (Å²) in [4.78, 5) is 11.5. The molecule has 0 spiro atoms. The molecule has 0 amide bonds. The zero-order valence-electron chi connectivity index (χ0n) is 11.1. The molecule has 0 N–H and O–H groups in total. The standard InChI is InChI=1S/C14H20O4/c1-11(2)18-13-6-4-5-12(9-13)10-14(15)17-8-7-16-3/h4-6,9,11H,7-8,10H2,1-3H3. The van der Waals surface area contributed by atoms with E-state index in [4.69, 9.17) is 14.2 Å². The number of carbonyl (C=O) groups is 1. The topological polar surface area (TPSA) is 44.8 Å². The highest BCUT2D eigenvalue weighted by molar-refractivity contribution is 5.72. The highest BCUT2D eigenvalue weighted by atomic mass is 16.6. The molecular weight excluding hydrogens is 232 g/mol. The molecule has 0 atom stereocenters. The van der Waals surface area contributed by atoms with Crippen LogP contribution in [0.5, 0.6) is 5.75 Å². The molecule has 0 aliphatic heterocycles. The first-order valence-electron chi connectivity index (χ1n) is 6.02. The molecule has 0 unspecified atom stereocenters. The van der Waals surface area contributed by atoms with Gasteiger partial charge in [-0.25, -0.2) is 0 Å². The van der Waals surface area contributed by atoms with E-state index in [0.717, 1.165) is 11.3 Å². The van der Waals surface area contributed by atoms with E-state index in [-0.39, 0.29) is 25.1 Å². The summed E-state index contributed by atoms with van der Waals surface area (Å²) >= 11 is 0. The van der Waals surface area contributed by atoms with Crippen LogP contribution in [0, 0.1) is 0 Å². The van der Waals surface area contributed by atoms with Gasteiger partial charge in [0.2, 0.25) is 0 Å². The second kappa shape index (κ2) is 7.71. The molecule has 100 valence electrons. The predicted molar refractivity (Wildman–Crippen MR) is 68.7 cm³/mol. The predicted octanol–water partition coefficient (Wildman–Crippen LogP) is 2.21. The Morgan fingerprint density at radius 2 is 2.06 bits per heavy atom. The fourth-order valence-corrected chi connectivity index (χ4v) is 1.46. The maximum atomic E-state index is 11.5. The van der Waals surface area contributed by atoms with Crippen LogP contribution >= 0.6 is 0 Å². The largest absolute Gasteiger partial charge is 0.491 e. The van der Waals surface area contributed by atoms with Crippen molar-refractivity contribution in [2.24, 2.45) is 0 Å². The Hall–Kier alpha value is -1.55. The van der Waals surface area contributed by atoms with E-state index in [1.807, 2.05) is 38.1 Å². The van der Waals surface area contributed by atoms with E-state index in [9.17, 15) is 4.79 Å². The molecule has 4 nitrogen and oxygen atoms in total. The SMILES string of the molecule is COCCOC(=O)Cc1cccc(OC(C)C)c1. The van der Waals surface area contributed by atoms with Crippen molar-refractivity contribution in [2.45, 2.75) is 26.4 Å². The third-order valence-corrected chi connectivity index (χ3v) is 2.17. The van der Waals surface area contributed by atoms with Crippen LogP contribution in [-0.4, -0.2) is 32.4 Å². The van der Waals surface area contributed by atoms with Crippen molar-refractivity contribution in [2.75, 3.05) is 20.3 Å². The second-order valence-electron chi connectivity index (χ2n) is 4.20. The van der Waals surface area contributed by atoms with E-state index in [1.54, 1.807) is 7.11 Å². The van der Waals surface area contributed by atoms with Gasteiger partial charge in [0, 0.05) is 7.11 Å². The lowest BCUT2D eigenvalue weighted by atomic mass is 10.1. The van der Waals surface area contributed by atoms with Gasteiger partial charge in [-0.05, 0) is 31.5 Å². The number of hydrogen-bond acceptors (Lipinski definition) is 4. The molecule has 0 radical (unpaired) electrons. The highest BCUT2D eigenvalue weighted by Crippen LogP contribution is 2.15. The maximum absolute atomic E-state index is 11.5. The summed E-state index contributed by atoms with van der Waals surface area (Å²) in [6.45, 7) is 4.64. The Labute approximate surface area is 108 Å². The van der Waals surface area contributed by atoms with Crippen LogP contribution in [-0.2, 0) is 20.7 Å². The number of esters is 1. The molecule has 4 heteroatoms. The Kier molecular flexibility index (Phi) is 6.22. The summed E-state index contributed by atoms with van der Waals surface area (Å²) in [5, 5.41) is 0. The summed E-state index contributed by atoms with van der Waals surface area (Å²) < 4.78 is 15.4. The van der Waals surface area contributed by atoms with Crippen molar-refractivity contribution in [3.8, 4) is 5.75 Å². The van der Waals surface area contributed by atoms with Gasteiger partial charge in [-0.15, -0.1) is 0 Å². The van der Waals surface area contributed by atoms with Crippen molar-refractivity contribution in [1.82, 2.24) is 0 Å². The lowest BCUT2D eigenvalue weighted by molar-refractivity contribution is -0.144. The Morgan fingerprint density at radius 3 is 2.72 bits per heavy atom. The van der Waals surface area contributed by atoms with Crippen molar-refractivity contribution >= 4 is 5.97 Å².